The maximum Gasteiger partial charge on any atom is 0.270 e. The van der Waals surface area contributed by atoms with Gasteiger partial charge in [0.2, 0.25) is 0 Å². The molecule has 6 nitrogen and oxygen atoms in total. The minimum atomic E-state index is -0.575. The fourth-order valence-corrected chi connectivity index (χ4v) is 3.02. The van der Waals surface area contributed by atoms with Crippen LogP contribution in [0.1, 0.15) is 16.8 Å². The maximum atomic E-state index is 12.4. The van der Waals surface area contributed by atoms with E-state index >= 15 is 0 Å². The van der Waals surface area contributed by atoms with Crippen molar-refractivity contribution in [1.82, 2.24) is 0 Å². The van der Waals surface area contributed by atoms with E-state index < -0.39 is 10.8 Å². The predicted molar refractivity (Wildman–Crippen MR) is 93.5 cm³/mol. The molecule has 0 aliphatic heterocycles. The number of nitrogens with zero attached hydrogens (tertiary/aromatic N) is 2. The van der Waals surface area contributed by atoms with Gasteiger partial charge in [-0.25, -0.2) is 0 Å². The van der Waals surface area contributed by atoms with Gasteiger partial charge in [0.15, 0.2) is 0 Å². The topological polar surface area (TPSA) is 96.0 Å². The van der Waals surface area contributed by atoms with E-state index in [1.165, 1.54) is 23.9 Å². The van der Waals surface area contributed by atoms with E-state index in [0.29, 0.717) is 17.9 Å². The third-order valence-electron chi connectivity index (χ3n) is 3.01. The van der Waals surface area contributed by atoms with Gasteiger partial charge >= 0.3 is 0 Å². The lowest BCUT2D eigenvalue weighted by Gasteiger charge is -2.11. The summed E-state index contributed by atoms with van der Waals surface area (Å²) >= 11 is 7.43. The molecule has 2 rings (SSSR count). The summed E-state index contributed by atoms with van der Waals surface area (Å²) in [5.41, 5.74) is 0.572. The van der Waals surface area contributed by atoms with Crippen molar-refractivity contribution in [3.63, 3.8) is 0 Å². The van der Waals surface area contributed by atoms with Crippen LogP contribution in [0.15, 0.2) is 47.4 Å². The SMILES string of the molecule is N#CCCSc1ccccc1NC(=O)c1ccc([N+](=O)[O-])cc1Cl. The number of carbonyl (C=O) groups is 1. The van der Waals surface area contributed by atoms with E-state index in [2.05, 4.69) is 11.4 Å². The largest absolute Gasteiger partial charge is 0.321 e. The van der Waals surface area contributed by atoms with Crippen molar-refractivity contribution in [2.24, 2.45) is 0 Å². The Hall–Kier alpha value is -2.56. The Labute approximate surface area is 147 Å². The van der Waals surface area contributed by atoms with Gasteiger partial charge in [-0.2, -0.15) is 5.26 Å². The van der Waals surface area contributed by atoms with Crippen LogP contribution in [-0.2, 0) is 0 Å². The van der Waals surface area contributed by atoms with E-state index in [-0.39, 0.29) is 16.3 Å². The monoisotopic (exact) mass is 361 g/mol. The Kier molecular flexibility index (Phi) is 6.18. The van der Waals surface area contributed by atoms with E-state index in [1.54, 1.807) is 12.1 Å². The second-order valence-corrected chi connectivity index (χ2v) is 6.17. The summed E-state index contributed by atoms with van der Waals surface area (Å²) in [4.78, 5) is 23.3. The second-order valence-electron chi connectivity index (χ2n) is 4.63. The number of anilines is 1. The quantitative estimate of drug-likeness (QED) is 0.353. The number of nitriles is 1. The van der Waals surface area contributed by atoms with Crippen molar-refractivity contribution in [3.05, 3.63) is 63.2 Å². The van der Waals surface area contributed by atoms with Gasteiger partial charge in [-0.05, 0) is 18.2 Å². The lowest BCUT2D eigenvalue weighted by molar-refractivity contribution is -0.384. The number of thioether (sulfide) groups is 1. The molecule has 0 radical (unpaired) electrons. The van der Waals surface area contributed by atoms with Crippen LogP contribution >= 0.6 is 23.4 Å². The molecule has 0 unspecified atom stereocenters. The number of nitro benzene ring substituents is 1. The molecule has 0 spiro atoms. The Morgan fingerprint density at radius 3 is 2.75 bits per heavy atom. The molecule has 0 aromatic heterocycles. The van der Waals surface area contributed by atoms with Crippen molar-refractivity contribution in [1.29, 1.82) is 5.26 Å². The minimum Gasteiger partial charge on any atom is -0.321 e. The number of benzene rings is 2. The van der Waals surface area contributed by atoms with E-state index in [9.17, 15) is 14.9 Å². The molecule has 0 atom stereocenters. The number of non-ortho nitro benzene ring substituents is 1. The van der Waals surface area contributed by atoms with Crippen LogP contribution in [0, 0.1) is 21.4 Å². The smallest absolute Gasteiger partial charge is 0.270 e. The number of halogens is 1. The number of para-hydroxylation sites is 1. The lowest BCUT2D eigenvalue weighted by Crippen LogP contribution is -2.13. The molecule has 24 heavy (non-hydrogen) atoms. The van der Waals surface area contributed by atoms with E-state index in [4.69, 9.17) is 16.9 Å². The maximum absolute atomic E-state index is 12.4. The Morgan fingerprint density at radius 1 is 1.33 bits per heavy atom. The number of amides is 1. The molecule has 0 saturated carbocycles. The first-order valence-electron chi connectivity index (χ1n) is 6.87. The molecule has 1 amide bonds. The van der Waals surface area contributed by atoms with Crippen molar-refractivity contribution in [3.8, 4) is 6.07 Å². The number of hydrogen-bond acceptors (Lipinski definition) is 5. The summed E-state index contributed by atoms with van der Waals surface area (Å²) in [7, 11) is 0. The number of nitro groups is 1. The first-order valence-corrected chi connectivity index (χ1v) is 8.23. The summed E-state index contributed by atoms with van der Waals surface area (Å²) in [6.07, 6.45) is 0.404. The Morgan fingerprint density at radius 2 is 2.08 bits per heavy atom. The summed E-state index contributed by atoms with van der Waals surface area (Å²) in [6, 6.07) is 13.0. The summed E-state index contributed by atoms with van der Waals surface area (Å²) < 4.78 is 0. The Bertz CT molecular complexity index is 820. The number of nitrogens with one attached hydrogen (secondary N) is 1. The third-order valence-corrected chi connectivity index (χ3v) is 4.40. The van der Waals surface area contributed by atoms with Crippen LogP contribution < -0.4 is 5.32 Å². The van der Waals surface area contributed by atoms with Crippen LogP contribution in [0.5, 0.6) is 0 Å². The zero-order chi connectivity index (χ0) is 17.5. The molecule has 0 saturated heterocycles. The van der Waals surface area contributed by atoms with Crippen molar-refractivity contribution in [2.45, 2.75) is 11.3 Å². The zero-order valence-electron chi connectivity index (χ0n) is 12.4. The van der Waals surface area contributed by atoms with Gasteiger partial charge in [-0.3, -0.25) is 14.9 Å². The lowest BCUT2D eigenvalue weighted by atomic mass is 10.2. The summed E-state index contributed by atoms with van der Waals surface area (Å²) in [5, 5.41) is 22.1. The van der Waals surface area contributed by atoms with Gasteiger partial charge in [0, 0.05) is 29.2 Å². The van der Waals surface area contributed by atoms with Gasteiger partial charge in [0.25, 0.3) is 11.6 Å². The summed E-state index contributed by atoms with van der Waals surface area (Å²) in [5.74, 6) is 0.157. The number of carbonyl (C=O) groups excluding carboxylic acids is 1. The van der Waals surface area contributed by atoms with Gasteiger partial charge in [-0.15, -0.1) is 11.8 Å². The molecular formula is C16H12ClN3O3S. The van der Waals surface area contributed by atoms with Gasteiger partial charge < -0.3 is 5.32 Å². The number of hydrogen-bond donors (Lipinski definition) is 1. The Balaban J connectivity index is 2.18. The van der Waals surface area contributed by atoms with Gasteiger partial charge in [0.1, 0.15) is 0 Å². The first kappa shape index (κ1) is 17.8. The van der Waals surface area contributed by atoms with Crippen molar-refractivity contribution < 1.29 is 9.72 Å². The first-order chi connectivity index (χ1) is 11.5. The fourth-order valence-electron chi connectivity index (χ4n) is 1.89. The predicted octanol–water partition coefficient (Wildman–Crippen LogP) is 4.51. The highest BCUT2D eigenvalue weighted by Crippen LogP contribution is 2.29. The van der Waals surface area contributed by atoms with Crippen LogP contribution in [0.2, 0.25) is 5.02 Å². The van der Waals surface area contributed by atoms with Gasteiger partial charge in [0.05, 0.1) is 27.3 Å². The molecule has 0 aliphatic carbocycles. The van der Waals surface area contributed by atoms with Crippen LogP contribution in [-0.4, -0.2) is 16.6 Å². The molecule has 0 aliphatic rings. The average Bonchev–Trinajstić information content (AvgIpc) is 2.56. The molecule has 122 valence electrons. The molecule has 0 bridgehead atoms. The van der Waals surface area contributed by atoms with Crippen LogP contribution in [0.25, 0.3) is 0 Å². The third kappa shape index (κ3) is 4.47. The molecule has 0 fully saturated rings. The van der Waals surface area contributed by atoms with Crippen molar-refractivity contribution in [2.75, 3.05) is 11.1 Å². The van der Waals surface area contributed by atoms with E-state index in [1.807, 2.05) is 12.1 Å². The minimum absolute atomic E-state index is 0.0105. The molecule has 1 N–H and O–H groups in total. The fraction of sp³-hybridized carbons (Fsp3) is 0.125. The highest BCUT2D eigenvalue weighted by Gasteiger charge is 2.16. The molecule has 0 heterocycles. The van der Waals surface area contributed by atoms with Crippen molar-refractivity contribution >= 4 is 40.6 Å². The zero-order valence-corrected chi connectivity index (χ0v) is 13.9. The average molecular weight is 362 g/mol. The highest BCUT2D eigenvalue weighted by molar-refractivity contribution is 7.99. The molecule has 2 aromatic carbocycles. The standard InChI is InChI=1S/C16H12ClN3O3S/c17-13-10-11(20(22)23)6-7-12(13)16(21)19-14-4-1-2-5-15(14)24-9-3-8-18/h1-2,4-7,10H,3,9H2,(H,19,21). The van der Waals surface area contributed by atoms with Crippen LogP contribution in [0.4, 0.5) is 11.4 Å². The van der Waals surface area contributed by atoms with Crippen LogP contribution in [0.3, 0.4) is 0 Å². The van der Waals surface area contributed by atoms with Gasteiger partial charge in [-0.1, -0.05) is 23.7 Å². The molecular weight excluding hydrogens is 350 g/mol. The molecule has 8 heteroatoms. The normalized spacial score (nSPS) is 10.0. The van der Waals surface area contributed by atoms with E-state index in [0.717, 1.165) is 11.0 Å². The highest BCUT2D eigenvalue weighted by atomic mass is 35.5. The summed E-state index contributed by atoms with van der Waals surface area (Å²) in [6.45, 7) is 0. The number of rotatable bonds is 6. The second kappa shape index (κ2) is 8.34. The molecule has 2 aromatic rings.